The van der Waals surface area contributed by atoms with Gasteiger partial charge in [0.2, 0.25) is 0 Å². The number of likely N-dealkylation sites (N-methyl/N-ethyl adjacent to an activating group) is 1. The van der Waals surface area contributed by atoms with Gasteiger partial charge in [-0.1, -0.05) is 6.92 Å². The highest BCUT2D eigenvalue weighted by atomic mass is 16.3. The van der Waals surface area contributed by atoms with Crippen molar-refractivity contribution in [2.45, 2.75) is 57.2 Å². The van der Waals surface area contributed by atoms with E-state index in [0.717, 1.165) is 25.8 Å². The van der Waals surface area contributed by atoms with Crippen LogP contribution in [0.4, 0.5) is 0 Å². The first kappa shape index (κ1) is 12.0. The second kappa shape index (κ2) is 5.69. The Balaban J connectivity index is 2.26. The fraction of sp³-hybridized carbons (Fsp3) is 1.00. The average molecular weight is 200 g/mol. The molecular weight excluding hydrogens is 176 g/mol. The summed E-state index contributed by atoms with van der Waals surface area (Å²) >= 11 is 0. The van der Waals surface area contributed by atoms with Crippen molar-refractivity contribution in [3.63, 3.8) is 0 Å². The van der Waals surface area contributed by atoms with Crippen LogP contribution in [0.15, 0.2) is 0 Å². The fourth-order valence-electron chi connectivity index (χ4n) is 2.15. The summed E-state index contributed by atoms with van der Waals surface area (Å²) in [6, 6.07) is 1.05. The summed E-state index contributed by atoms with van der Waals surface area (Å²) in [6.07, 6.45) is 5.32. The zero-order valence-corrected chi connectivity index (χ0v) is 9.45. The largest absolute Gasteiger partial charge is 0.392 e. The molecule has 3 heteroatoms. The molecule has 1 aliphatic rings. The van der Waals surface area contributed by atoms with Crippen molar-refractivity contribution < 1.29 is 5.11 Å². The van der Waals surface area contributed by atoms with Crippen LogP contribution in [0.5, 0.6) is 0 Å². The van der Waals surface area contributed by atoms with Crippen LogP contribution >= 0.6 is 0 Å². The van der Waals surface area contributed by atoms with Crippen LogP contribution < -0.4 is 5.73 Å². The number of nitrogens with zero attached hydrogens (tertiary/aromatic N) is 1. The Labute approximate surface area is 87.3 Å². The van der Waals surface area contributed by atoms with Crippen LogP contribution in [0.2, 0.25) is 0 Å². The Bertz CT molecular complexity index is 155. The third kappa shape index (κ3) is 3.56. The van der Waals surface area contributed by atoms with E-state index in [9.17, 15) is 5.11 Å². The molecule has 84 valence electrons. The number of hydrogen-bond acceptors (Lipinski definition) is 3. The van der Waals surface area contributed by atoms with Crippen molar-refractivity contribution in [3.05, 3.63) is 0 Å². The summed E-state index contributed by atoms with van der Waals surface area (Å²) in [4.78, 5) is 2.29. The van der Waals surface area contributed by atoms with Crippen LogP contribution in [0, 0.1) is 0 Å². The van der Waals surface area contributed by atoms with E-state index in [2.05, 4.69) is 11.9 Å². The van der Waals surface area contributed by atoms with Crippen molar-refractivity contribution in [2.75, 3.05) is 13.6 Å². The lowest BCUT2D eigenvalue weighted by Crippen LogP contribution is -2.41. The van der Waals surface area contributed by atoms with Crippen molar-refractivity contribution in [3.8, 4) is 0 Å². The smallest absolute Gasteiger partial charge is 0.0664 e. The maximum atomic E-state index is 9.54. The molecule has 0 saturated heterocycles. The van der Waals surface area contributed by atoms with Gasteiger partial charge in [0.05, 0.1) is 6.10 Å². The molecule has 1 unspecified atom stereocenters. The molecule has 0 aromatic rings. The van der Waals surface area contributed by atoms with E-state index in [4.69, 9.17) is 5.73 Å². The predicted octanol–water partition coefficient (Wildman–Crippen LogP) is 0.959. The molecule has 1 fully saturated rings. The quantitative estimate of drug-likeness (QED) is 0.710. The number of hydrogen-bond donors (Lipinski definition) is 2. The standard InChI is InChI=1S/C11H24N2O/c1-3-11(14)8-13(2)10-6-4-9(12)5-7-10/h9-11,14H,3-8,12H2,1-2H3. The molecule has 0 spiro atoms. The Hall–Kier alpha value is -0.120. The minimum Gasteiger partial charge on any atom is -0.392 e. The Kier molecular flexibility index (Phi) is 4.85. The Morgan fingerprint density at radius 3 is 2.43 bits per heavy atom. The summed E-state index contributed by atoms with van der Waals surface area (Å²) < 4.78 is 0. The van der Waals surface area contributed by atoms with E-state index >= 15 is 0 Å². The van der Waals surface area contributed by atoms with E-state index in [-0.39, 0.29) is 6.10 Å². The van der Waals surface area contributed by atoms with Crippen molar-refractivity contribution in [1.82, 2.24) is 4.90 Å². The fourth-order valence-corrected chi connectivity index (χ4v) is 2.15. The average Bonchev–Trinajstić information content (AvgIpc) is 2.18. The van der Waals surface area contributed by atoms with Gasteiger partial charge < -0.3 is 15.7 Å². The summed E-state index contributed by atoms with van der Waals surface area (Å²) in [7, 11) is 2.11. The van der Waals surface area contributed by atoms with Crippen LogP contribution in [0.1, 0.15) is 39.0 Å². The highest BCUT2D eigenvalue weighted by Gasteiger charge is 2.22. The molecule has 1 aliphatic carbocycles. The monoisotopic (exact) mass is 200 g/mol. The van der Waals surface area contributed by atoms with Crippen LogP contribution in [-0.2, 0) is 0 Å². The van der Waals surface area contributed by atoms with E-state index in [0.29, 0.717) is 12.1 Å². The SMILES string of the molecule is CCC(O)CN(C)C1CCC(N)CC1. The van der Waals surface area contributed by atoms with Crippen molar-refractivity contribution in [2.24, 2.45) is 5.73 Å². The molecular formula is C11H24N2O. The van der Waals surface area contributed by atoms with E-state index in [1.165, 1.54) is 12.8 Å². The maximum Gasteiger partial charge on any atom is 0.0664 e. The molecule has 0 aromatic carbocycles. The molecule has 0 aliphatic heterocycles. The van der Waals surface area contributed by atoms with E-state index in [1.807, 2.05) is 6.92 Å². The Morgan fingerprint density at radius 2 is 1.93 bits per heavy atom. The molecule has 1 saturated carbocycles. The normalized spacial score (nSPS) is 30.6. The van der Waals surface area contributed by atoms with Crippen molar-refractivity contribution in [1.29, 1.82) is 0 Å². The van der Waals surface area contributed by atoms with Gasteiger partial charge in [-0.05, 0) is 39.2 Å². The van der Waals surface area contributed by atoms with Gasteiger partial charge in [0.25, 0.3) is 0 Å². The molecule has 1 rings (SSSR count). The van der Waals surface area contributed by atoms with E-state index in [1.54, 1.807) is 0 Å². The first-order valence-electron chi connectivity index (χ1n) is 5.77. The van der Waals surface area contributed by atoms with Gasteiger partial charge in [0.15, 0.2) is 0 Å². The van der Waals surface area contributed by atoms with Gasteiger partial charge in [-0.3, -0.25) is 0 Å². The molecule has 14 heavy (non-hydrogen) atoms. The zero-order valence-electron chi connectivity index (χ0n) is 9.45. The first-order chi connectivity index (χ1) is 6.63. The van der Waals surface area contributed by atoms with E-state index < -0.39 is 0 Å². The molecule has 3 nitrogen and oxygen atoms in total. The lowest BCUT2D eigenvalue weighted by atomic mass is 9.91. The molecule has 0 amide bonds. The van der Waals surface area contributed by atoms with Gasteiger partial charge >= 0.3 is 0 Å². The third-order valence-corrected chi connectivity index (χ3v) is 3.33. The second-order valence-electron chi connectivity index (χ2n) is 4.57. The van der Waals surface area contributed by atoms with Gasteiger partial charge in [-0.15, -0.1) is 0 Å². The lowest BCUT2D eigenvalue weighted by Gasteiger charge is -2.34. The number of rotatable bonds is 4. The zero-order chi connectivity index (χ0) is 10.6. The summed E-state index contributed by atoms with van der Waals surface area (Å²) in [5.74, 6) is 0. The highest BCUT2D eigenvalue weighted by Crippen LogP contribution is 2.21. The minimum absolute atomic E-state index is 0.171. The maximum absolute atomic E-state index is 9.54. The molecule has 3 N–H and O–H groups in total. The highest BCUT2D eigenvalue weighted by molar-refractivity contribution is 4.80. The minimum atomic E-state index is -0.171. The van der Waals surface area contributed by atoms with Gasteiger partial charge in [-0.2, -0.15) is 0 Å². The summed E-state index contributed by atoms with van der Waals surface area (Å²) in [6.45, 7) is 2.83. The van der Waals surface area contributed by atoms with Crippen molar-refractivity contribution >= 4 is 0 Å². The lowest BCUT2D eigenvalue weighted by molar-refractivity contribution is 0.0869. The summed E-state index contributed by atoms with van der Waals surface area (Å²) in [5, 5.41) is 9.54. The van der Waals surface area contributed by atoms with Crippen LogP contribution in [0.25, 0.3) is 0 Å². The number of aliphatic hydroxyl groups is 1. The first-order valence-corrected chi connectivity index (χ1v) is 5.77. The molecule has 0 heterocycles. The molecule has 1 atom stereocenters. The van der Waals surface area contributed by atoms with Crippen LogP contribution in [-0.4, -0.2) is 41.8 Å². The van der Waals surface area contributed by atoms with Gasteiger partial charge in [-0.25, -0.2) is 0 Å². The molecule has 0 radical (unpaired) electrons. The third-order valence-electron chi connectivity index (χ3n) is 3.33. The summed E-state index contributed by atoms with van der Waals surface area (Å²) in [5.41, 5.74) is 5.86. The molecule has 0 bridgehead atoms. The van der Waals surface area contributed by atoms with Gasteiger partial charge in [0, 0.05) is 18.6 Å². The predicted molar refractivity (Wildman–Crippen MR) is 59.2 cm³/mol. The number of nitrogens with two attached hydrogens (primary N) is 1. The number of aliphatic hydroxyl groups excluding tert-OH is 1. The molecule has 0 aromatic heterocycles. The second-order valence-corrected chi connectivity index (χ2v) is 4.57. The Morgan fingerprint density at radius 1 is 1.36 bits per heavy atom. The van der Waals surface area contributed by atoms with Crippen LogP contribution in [0.3, 0.4) is 0 Å². The topological polar surface area (TPSA) is 49.5 Å². The van der Waals surface area contributed by atoms with Gasteiger partial charge in [0.1, 0.15) is 0 Å².